The Morgan fingerprint density at radius 3 is 2.79 bits per heavy atom. The molecule has 0 saturated carbocycles. The number of ketones is 1. The smallest absolute Gasteiger partial charge is 0.200 e. The van der Waals surface area contributed by atoms with Crippen molar-refractivity contribution in [1.29, 1.82) is 0 Å². The summed E-state index contributed by atoms with van der Waals surface area (Å²) >= 11 is 3.30. The summed E-state index contributed by atoms with van der Waals surface area (Å²) in [5.41, 5.74) is 1.35. The number of rotatable bonds is 4. The number of hydrogen-bond acceptors (Lipinski definition) is 2. The molecule has 0 aliphatic carbocycles. The van der Waals surface area contributed by atoms with Gasteiger partial charge in [0.2, 0.25) is 0 Å². The number of hydrogen-bond donors (Lipinski definition) is 0. The SMILES string of the molecule is Cc1ccc(F)cc1OCC(=O)c1cccc(Br)c1. The van der Waals surface area contributed by atoms with Crippen molar-refractivity contribution in [2.75, 3.05) is 6.61 Å². The van der Waals surface area contributed by atoms with Crippen molar-refractivity contribution in [2.24, 2.45) is 0 Å². The second-order valence-electron chi connectivity index (χ2n) is 4.13. The fourth-order valence-electron chi connectivity index (χ4n) is 1.62. The molecule has 0 heterocycles. The lowest BCUT2D eigenvalue weighted by Crippen LogP contribution is -2.12. The molecule has 0 bridgehead atoms. The molecule has 0 aliphatic rings. The van der Waals surface area contributed by atoms with Crippen LogP contribution >= 0.6 is 15.9 Å². The molecule has 0 aromatic heterocycles. The van der Waals surface area contributed by atoms with Gasteiger partial charge in [0.25, 0.3) is 0 Å². The second-order valence-corrected chi connectivity index (χ2v) is 5.05. The van der Waals surface area contributed by atoms with Crippen LogP contribution in [0.5, 0.6) is 5.75 Å². The average Bonchev–Trinajstić information content (AvgIpc) is 2.39. The minimum Gasteiger partial charge on any atom is -0.485 e. The second kappa shape index (κ2) is 5.97. The number of ether oxygens (including phenoxy) is 1. The van der Waals surface area contributed by atoms with Crippen LogP contribution in [-0.2, 0) is 0 Å². The predicted octanol–water partition coefficient (Wildman–Crippen LogP) is 4.16. The molecule has 4 heteroatoms. The van der Waals surface area contributed by atoms with Crippen LogP contribution in [0.1, 0.15) is 15.9 Å². The zero-order valence-electron chi connectivity index (χ0n) is 10.3. The van der Waals surface area contributed by atoms with Gasteiger partial charge in [-0.25, -0.2) is 4.39 Å². The first-order valence-corrected chi connectivity index (χ1v) is 6.53. The third-order valence-electron chi connectivity index (χ3n) is 2.66. The van der Waals surface area contributed by atoms with Crippen molar-refractivity contribution < 1.29 is 13.9 Å². The minimum atomic E-state index is -0.379. The largest absolute Gasteiger partial charge is 0.485 e. The van der Waals surface area contributed by atoms with Crippen molar-refractivity contribution in [3.63, 3.8) is 0 Å². The van der Waals surface area contributed by atoms with Gasteiger partial charge in [-0.2, -0.15) is 0 Å². The molecule has 0 amide bonds. The lowest BCUT2D eigenvalue weighted by molar-refractivity contribution is 0.0920. The fraction of sp³-hybridized carbons (Fsp3) is 0.133. The molecule has 0 unspecified atom stereocenters. The molecule has 0 radical (unpaired) electrons. The molecule has 2 aromatic rings. The molecule has 98 valence electrons. The van der Waals surface area contributed by atoms with Crippen molar-refractivity contribution in [3.8, 4) is 5.75 Å². The monoisotopic (exact) mass is 322 g/mol. The lowest BCUT2D eigenvalue weighted by Gasteiger charge is -2.08. The molecule has 0 fully saturated rings. The zero-order chi connectivity index (χ0) is 13.8. The first-order valence-electron chi connectivity index (χ1n) is 5.74. The van der Waals surface area contributed by atoms with Crippen LogP contribution in [0.3, 0.4) is 0 Å². The summed E-state index contributed by atoms with van der Waals surface area (Å²) in [6.45, 7) is 1.69. The van der Waals surface area contributed by atoms with Gasteiger partial charge >= 0.3 is 0 Å². The highest BCUT2D eigenvalue weighted by Crippen LogP contribution is 2.19. The Balaban J connectivity index is 2.06. The van der Waals surface area contributed by atoms with Crippen LogP contribution in [-0.4, -0.2) is 12.4 Å². The number of aryl methyl sites for hydroxylation is 1. The Bertz CT molecular complexity index is 611. The summed E-state index contributed by atoms with van der Waals surface area (Å²) in [6.07, 6.45) is 0. The summed E-state index contributed by atoms with van der Waals surface area (Å²) in [6, 6.07) is 11.3. The van der Waals surface area contributed by atoms with E-state index in [-0.39, 0.29) is 18.2 Å². The molecule has 0 spiro atoms. The maximum absolute atomic E-state index is 13.1. The Labute approximate surface area is 119 Å². The predicted molar refractivity (Wildman–Crippen MR) is 75.1 cm³/mol. The van der Waals surface area contributed by atoms with Gasteiger partial charge in [0.05, 0.1) is 0 Å². The van der Waals surface area contributed by atoms with Gasteiger partial charge in [0.15, 0.2) is 12.4 Å². The van der Waals surface area contributed by atoms with Gasteiger partial charge < -0.3 is 4.74 Å². The topological polar surface area (TPSA) is 26.3 Å². The Morgan fingerprint density at radius 2 is 2.05 bits per heavy atom. The maximum Gasteiger partial charge on any atom is 0.200 e. The van der Waals surface area contributed by atoms with E-state index in [0.29, 0.717) is 11.3 Å². The maximum atomic E-state index is 13.1. The average molecular weight is 323 g/mol. The Kier molecular flexibility index (Phi) is 4.32. The molecule has 0 saturated heterocycles. The van der Waals surface area contributed by atoms with Gasteiger partial charge in [0.1, 0.15) is 11.6 Å². The summed E-state index contributed by atoms with van der Waals surface area (Å²) in [4.78, 5) is 11.9. The molecular formula is C15H12BrFO2. The number of halogens is 2. The third-order valence-corrected chi connectivity index (χ3v) is 3.15. The standard InChI is InChI=1S/C15H12BrFO2/c1-10-5-6-13(17)8-15(10)19-9-14(18)11-3-2-4-12(16)7-11/h2-8H,9H2,1H3. The third kappa shape index (κ3) is 3.64. The van der Waals surface area contributed by atoms with E-state index in [0.717, 1.165) is 10.0 Å². The Morgan fingerprint density at radius 1 is 1.26 bits per heavy atom. The lowest BCUT2D eigenvalue weighted by atomic mass is 10.1. The van der Waals surface area contributed by atoms with E-state index < -0.39 is 0 Å². The molecule has 2 nitrogen and oxygen atoms in total. The molecule has 0 atom stereocenters. The number of carbonyl (C=O) groups is 1. The highest BCUT2D eigenvalue weighted by atomic mass is 79.9. The first-order chi connectivity index (χ1) is 9.06. The van der Waals surface area contributed by atoms with Gasteiger partial charge in [-0.15, -0.1) is 0 Å². The fourth-order valence-corrected chi connectivity index (χ4v) is 2.02. The van der Waals surface area contributed by atoms with Crippen LogP contribution < -0.4 is 4.74 Å². The molecule has 2 rings (SSSR count). The number of carbonyl (C=O) groups excluding carboxylic acids is 1. The van der Waals surface area contributed by atoms with Crippen LogP contribution in [0, 0.1) is 12.7 Å². The van der Waals surface area contributed by atoms with Crippen molar-refractivity contribution >= 4 is 21.7 Å². The van der Waals surface area contributed by atoms with E-state index in [1.54, 1.807) is 31.2 Å². The highest BCUT2D eigenvalue weighted by Gasteiger charge is 2.09. The van der Waals surface area contributed by atoms with Gasteiger partial charge in [-0.3, -0.25) is 4.79 Å². The van der Waals surface area contributed by atoms with Gasteiger partial charge in [0, 0.05) is 16.1 Å². The normalized spacial score (nSPS) is 10.3. The van der Waals surface area contributed by atoms with Crippen molar-refractivity contribution in [1.82, 2.24) is 0 Å². The molecule has 2 aromatic carbocycles. The summed E-state index contributed by atoms with van der Waals surface area (Å²) in [5.74, 6) is -0.135. The highest BCUT2D eigenvalue weighted by molar-refractivity contribution is 9.10. The quantitative estimate of drug-likeness (QED) is 0.790. The van der Waals surface area contributed by atoms with E-state index >= 15 is 0 Å². The summed E-state index contributed by atoms with van der Waals surface area (Å²) < 4.78 is 19.3. The molecule has 0 aliphatic heterocycles. The van der Waals surface area contributed by atoms with Crippen molar-refractivity contribution in [2.45, 2.75) is 6.92 Å². The summed E-state index contributed by atoms with van der Waals surface area (Å²) in [7, 11) is 0. The molecule has 0 N–H and O–H groups in total. The Hall–Kier alpha value is -1.68. The van der Waals surface area contributed by atoms with E-state index in [1.165, 1.54) is 12.1 Å². The molecular weight excluding hydrogens is 311 g/mol. The van der Waals surface area contributed by atoms with E-state index in [9.17, 15) is 9.18 Å². The van der Waals surface area contributed by atoms with E-state index in [4.69, 9.17) is 4.74 Å². The van der Waals surface area contributed by atoms with E-state index in [2.05, 4.69) is 15.9 Å². The van der Waals surface area contributed by atoms with Crippen molar-refractivity contribution in [3.05, 3.63) is 63.9 Å². The van der Waals surface area contributed by atoms with E-state index in [1.807, 2.05) is 6.07 Å². The first kappa shape index (κ1) is 13.7. The van der Waals surface area contributed by atoms with Crippen LogP contribution in [0.25, 0.3) is 0 Å². The van der Waals surface area contributed by atoms with Gasteiger partial charge in [-0.1, -0.05) is 34.1 Å². The van der Waals surface area contributed by atoms with Crippen LogP contribution in [0.15, 0.2) is 46.9 Å². The van der Waals surface area contributed by atoms with Gasteiger partial charge in [-0.05, 0) is 30.7 Å². The number of benzene rings is 2. The number of Topliss-reactive ketones (excluding diaryl/α,β-unsaturated/α-hetero) is 1. The zero-order valence-corrected chi connectivity index (χ0v) is 11.9. The summed E-state index contributed by atoms with van der Waals surface area (Å²) in [5, 5.41) is 0. The minimum absolute atomic E-state index is 0.110. The van der Waals surface area contributed by atoms with Crippen LogP contribution in [0.2, 0.25) is 0 Å². The van der Waals surface area contributed by atoms with Crippen LogP contribution in [0.4, 0.5) is 4.39 Å². The molecule has 19 heavy (non-hydrogen) atoms.